The number of carbonyl (C=O) groups excluding carboxylic acids is 1. The fourth-order valence-electron chi connectivity index (χ4n) is 2.74. The minimum atomic E-state index is -0.811. The van der Waals surface area contributed by atoms with Crippen LogP contribution in [0, 0.1) is 11.8 Å². The van der Waals surface area contributed by atoms with Crippen LogP contribution in [0.15, 0.2) is 24.3 Å². The summed E-state index contributed by atoms with van der Waals surface area (Å²) in [5.41, 5.74) is 0.110. The average Bonchev–Trinajstić information content (AvgIpc) is 2.59. The number of hydroxylamine groups is 2. The molecule has 5 heteroatoms. The molecule has 0 aliphatic heterocycles. The van der Waals surface area contributed by atoms with Gasteiger partial charge in [-0.3, -0.25) is 5.21 Å². The van der Waals surface area contributed by atoms with Crippen molar-refractivity contribution in [3.8, 4) is 17.6 Å². The van der Waals surface area contributed by atoms with Gasteiger partial charge in [0.25, 0.3) is 0 Å². The van der Waals surface area contributed by atoms with Crippen molar-refractivity contribution >= 4 is 6.09 Å². The molecular formula is C21H29NO4. The molecule has 5 nitrogen and oxygen atoms in total. The summed E-state index contributed by atoms with van der Waals surface area (Å²) < 4.78 is 11.2. The molecule has 0 saturated heterocycles. The van der Waals surface area contributed by atoms with E-state index < -0.39 is 17.7 Å². The van der Waals surface area contributed by atoms with Gasteiger partial charge in [0, 0.05) is 5.56 Å². The molecule has 0 spiro atoms. The Morgan fingerprint density at radius 2 is 1.96 bits per heavy atom. The molecule has 0 heterocycles. The third-order valence-corrected chi connectivity index (χ3v) is 4.06. The molecule has 0 radical (unpaired) electrons. The molecule has 26 heavy (non-hydrogen) atoms. The molecule has 1 fully saturated rings. The van der Waals surface area contributed by atoms with Gasteiger partial charge >= 0.3 is 6.09 Å². The van der Waals surface area contributed by atoms with E-state index in [0.717, 1.165) is 24.2 Å². The van der Waals surface area contributed by atoms with Crippen molar-refractivity contribution in [2.45, 2.75) is 77.5 Å². The highest BCUT2D eigenvalue weighted by atomic mass is 16.6. The number of amides is 1. The van der Waals surface area contributed by atoms with Crippen LogP contribution in [0.1, 0.15) is 65.4 Å². The Labute approximate surface area is 156 Å². The zero-order chi connectivity index (χ0) is 19.2. The normalized spacial score (nSPS) is 16.2. The lowest BCUT2D eigenvalue weighted by Gasteiger charge is -2.24. The van der Waals surface area contributed by atoms with Crippen LogP contribution in [0.5, 0.6) is 5.75 Å². The molecule has 1 aliphatic carbocycles. The number of benzene rings is 1. The van der Waals surface area contributed by atoms with Gasteiger partial charge in [-0.05, 0) is 71.6 Å². The summed E-state index contributed by atoms with van der Waals surface area (Å²) >= 11 is 0. The zero-order valence-electron chi connectivity index (χ0n) is 16.1. The Balaban J connectivity index is 1.97. The minimum absolute atomic E-state index is 0.283. The van der Waals surface area contributed by atoms with Gasteiger partial charge in [0.05, 0.1) is 6.10 Å². The lowest BCUT2D eigenvalue weighted by atomic mass is 9.98. The molecule has 1 amide bonds. The van der Waals surface area contributed by atoms with E-state index in [2.05, 4.69) is 11.8 Å². The highest BCUT2D eigenvalue weighted by Crippen LogP contribution is 2.23. The van der Waals surface area contributed by atoms with Crippen LogP contribution in [-0.2, 0) is 4.74 Å². The van der Waals surface area contributed by atoms with E-state index >= 15 is 0 Å². The van der Waals surface area contributed by atoms with E-state index in [1.807, 2.05) is 24.3 Å². The number of hydrogen-bond donors (Lipinski definition) is 1. The van der Waals surface area contributed by atoms with Crippen LogP contribution in [0.4, 0.5) is 4.79 Å². The maximum Gasteiger partial charge on any atom is 0.435 e. The van der Waals surface area contributed by atoms with E-state index in [1.165, 1.54) is 19.3 Å². The lowest BCUT2D eigenvalue weighted by molar-refractivity contribution is -0.104. The highest BCUT2D eigenvalue weighted by Gasteiger charge is 2.23. The Morgan fingerprint density at radius 1 is 1.27 bits per heavy atom. The van der Waals surface area contributed by atoms with Gasteiger partial charge in [0.1, 0.15) is 17.4 Å². The maximum atomic E-state index is 11.9. The monoisotopic (exact) mass is 359 g/mol. The summed E-state index contributed by atoms with van der Waals surface area (Å²) in [5, 5.41) is 10.4. The van der Waals surface area contributed by atoms with Crippen molar-refractivity contribution in [3.05, 3.63) is 29.8 Å². The summed E-state index contributed by atoms with van der Waals surface area (Å²) in [5.74, 6) is 6.66. The van der Waals surface area contributed by atoms with Crippen molar-refractivity contribution in [3.63, 3.8) is 0 Å². The SMILES string of the molecule is CC(C#Cc1cccc(OC2CCCCC2)c1)N(O)C(=O)OC(C)(C)C. The van der Waals surface area contributed by atoms with Gasteiger partial charge in [0.2, 0.25) is 0 Å². The molecular weight excluding hydrogens is 330 g/mol. The predicted octanol–water partition coefficient (Wildman–Crippen LogP) is 4.76. The van der Waals surface area contributed by atoms with Gasteiger partial charge in [0.15, 0.2) is 0 Å². The first-order chi connectivity index (χ1) is 12.2. The smallest absolute Gasteiger partial charge is 0.435 e. The third-order valence-electron chi connectivity index (χ3n) is 4.06. The Kier molecular flexibility index (Phi) is 6.93. The second kappa shape index (κ2) is 8.95. The minimum Gasteiger partial charge on any atom is -0.490 e. The number of nitrogens with zero attached hydrogens (tertiary/aromatic N) is 1. The van der Waals surface area contributed by atoms with Crippen molar-refractivity contribution < 1.29 is 19.5 Å². The van der Waals surface area contributed by atoms with Gasteiger partial charge in [-0.25, -0.2) is 4.79 Å². The lowest BCUT2D eigenvalue weighted by Crippen LogP contribution is -2.39. The van der Waals surface area contributed by atoms with Gasteiger partial charge in [-0.15, -0.1) is 0 Å². The molecule has 1 N–H and O–H groups in total. The second-order valence-corrected chi connectivity index (χ2v) is 7.68. The van der Waals surface area contributed by atoms with Crippen LogP contribution >= 0.6 is 0 Å². The van der Waals surface area contributed by atoms with Crippen molar-refractivity contribution in [2.24, 2.45) is 0 Å². The number of ether oxygens (including phenoxy) is 2. The fourth-order valence-corrected chi connectivity index (χ4v) is 2.74. The third kappa shape index (κ3) is 6.61. The first-order valence-corrected chi connectivity index (χ1v) is 9.24. The maximum absolute atomic E-state index is 11.9. The summed E-state index contributed by atoms with van der Waals surface area (Å²) in [6, 6.07) is 6.92. The second-order valence-electron chi connectivity index (χ2n) is 7.68. The van der Waals surface area contributed by atoms with Gasteiger partial charge in [-0.2, -0.15) is 5.06 Å². The standard InChI is InChI=1S/C21H29NO4/c1-16(22(24)20(23)26-21(2,3)4)13-14-17-9-8-12-19(15-17)25-18-10-6-5-7-11-18/h8-9,12,15-16,18,24H,5-7,10-11H2,1-4H3. The largest absolute Gasteiger partial charge is 0.490 e. The van der Waals surface area contributed by atoms with E-state index in [1.54, 1.807) is 27.7 Å². The average molecular weight is 359 g/mol. The van der Waals surface area contributed by atoms with Crippen molar-refractivity contribution in [1.82, 2.24) is 5.06 Å². The molecule has 1 saturated carbocycles. The molecule has 142 valence electrons. The predicted molar refractivity (Wildman–Crippen MR) is 100 cm³/mol. The van der Waals surface area contributed by atoms with Crippen molar-refractivity contribution in [2.75, 3.05) is 0 Å². The number of hydrogen-bond acceptors (Lipinski definition) is 4. The Bertz CT molecular complexity index is 663. The first-order valence-electron chi connectivity index (χ1n) is 9.24. The van der Waals surface area contributed by atoms with Crippen LogP contribution in [0.2, 0.25) is 0 Å². The Morgan fingerprint density at radius 3 is 2.62 bits per heavy atom. The molecule has 1 atom stereocenters. The van der Waals surface area contributed by atoms with Gasteiger partial charge < -0.3 is 9.47 Å². The summed E-state index contributed by atoms with van der Waals surface area (Å²) in [4.78, 5) is 11.9. The van der Waals surface area contributed by atoms with Crippen LogP contribution in [0.3, 0.4) is 0 Å². The first kappa shape index (κ1) is 20.1. The molecule has 0 aromatic heterocycles. The summed E-state index contributed by atoms with van der Waals surface area (Å²) in [6.07, 6.45) is 5.40. The number of rotatable bonds is 3. The van der Waals surface area contributed by atoms with Crippen LogP contribution in [0.25, 0.3) is 0 Å². The molecule has 1 aromatic rings. The molecule has 2 rings (SSSR count). The van der Waals surface area contributed by atoms with Crippen molar-refractivity contribution in [1.29, 1.82) is 0 Å². The van der Waals surface area contributed by atoms with Crippen LogP contribution in [-0.4, -0.2) is 34.1 Å². The van der Waals surface area contributed by atoms with Crippen LogP contribution < -0.4 is 4.74 Å². The quantitative estimate of drug-likeness (QED) is 0.480. The molecule has 0 bridgehead atoms. The Hall–Kier alpha value is -2.19. The summed E-state index contributed by atoms with van der Waals surface area (Å²) in [6.45, 7) is 6.87. The van der Waals surface area contributed by atoms with Gasteiger partial charge in [-0.1, -0.05) is 24.3 Å². The van der Waals surface area contributed by atoms with E-state index in [9.17, 15) is 10.0 Å². The molecule has 1 aliphatic rings. The van der Waals surface area contributed by atoms with E-state index in [0.29, 0.717) is 5.06 Å². The van der Waals surface area contributed by atoms with E-state index in [-0.39, 0.29) is 6.10 Å². The molecule has 1 aromatic carbocycles. The van der Waals surface area contributed by atoms with E-state index in [4.69, 9.17) is 9.47 Å². The number of carbonyl (C=O) groups is 1. The fraction of sp³-hybridized carbons (Fsp3) is 0.571. The topological polar surface area (TPSA) is 59.0 Å². The molecule has 1 unspecified atom stereocenters. The summed E-state index contributed by atoms with van der Waals surface area (Å²) in [7, 11) is 0. The zero-order valence-corrected chi connectivity index (χ0v) is 16.1. The highest BCUT2D eigenvalue weighted by molar-refractivity contribution is 5.67.